The molecule has 1 N–H and O–H groups in total. The van der Waals surface area contributed by atoms with E-state index in [1.54, 1.807) is 13.4 Å². The van der Waals surface area contributed by atoms with Crippen molar-refractivity contribution in [2.75, 3.05) is 18.2 Å². The van der Waals surface area contributed by atoms with Crippen molar-refractivity contribution >= 4 is 34.7 Å². The highest BCUT2D eigenvalue weighted by molar-refractivity contribution is 7.99. The number of ether oxygens (including phenoxy) is 1. The lowest BCUT2D eigenvalue weighted by Gasteiger charge is -2.10. The van der Waals surface area contributed by atoms with Crippen LogP contribution in [0.5, 0.6) is 5.75 Å². The molecule has 0 saturated carbocycles. The van der Waals surface area contributed by atoms with Crippen LogP contribution in [0, 0.1) is 0 Å². The molecule has 0 radical (unpaired) electrons. The van der Waals surface area contributed by atoms with Crippen molar-refractivity contribution in [2.24, 2.45) is 0 Å². The summed E-state index contributed by atoms with van der Waals surface area (Å²) in [6.07, 6.45) is 1.62. The molecule has 8 nitrogen and oxygen atoms in total. The minimum absolute atomic E-state index is 0.160. The number of anilines is 1. The Hall–Kier alpha value is -4.11. The topological polar surface area (TPSA) is 86.9 Å². The zero-order chi connectivity index (χ0) is 22.6. The van der Waals surface area contributed by atoms with E-state index in [9.17, 15) is 4.79 Å². The van der Waals surface area contributed by atoms with Crippen LogP contribution in [0.15, 0.2) is 90.3 Å². The first-order valence-electron chi connectivity index (χ1n) is 10.2. The molecule has 0 spiro atoms. The number of benzene rings is 3. The van der Waals surface area contributed by atoms with Crippen LogP contribution in [-0.2, 0) is 4.79 Å². The second-order valence-electron chi connectivity index (χ2n) is 7.11. The molecule has 2 heterocycles. The number of methoxy groups -OCH3 is 1. The van der Waals surface area contributed by atoms with Gasteiger partial charge in [-0.2, -0.15) is 0 Å². The molecule has 33 heavy (non-hydrogen) atoms. The maximum atomic E-state index is 12.8. The van der Waals surface area contributed by atoms with Gasteiger partial charge in [0, 0.05) is 11.4 Å². The van der Waals surface area contributed by atoms with E-state index in [0.29, 0.717) is 11.1 Å². The van der Waals surface area contributed by atoms with E-state index >= 15 is 0 Å². The lowest BCUT2D eigenvalue weighted by atomic mass is 10.3. The number of nitrogens with zero attached hydrogens (tertiary/aromatic N) is 5. The van der Waals surface area contributed by atoms with Gasteiger partial charge in [-0.15, -0.1) is 10.2 Å². The number of para-hydroxylation sites is 3. The Kier molecular flexibility index (Phi) is 5.77. The maximum absolute atomic E-state index is 12.8. The third-order valence-electron chi connectivity index (χ3n) is 5.03. The van der Waals surface area contributed by atoms with E-state index in [1.807, 2.05) is 88.0 Å². The van der Waals surface area contributed by atoms with Gasteiger partial charge in [-0.05, 0) is 48.5 Å². The number of imidazole rings is 1. The quantitative estimate of drug-likeness (QED) is 0.367. The lowest BCUT2D eigenvalue weighted by molar-refractivity contribution is -0.113. The fourth-order valence-corrected chi connectivity index (χ4v) is 4.21. The SMILES string of the molecule is COc1ccc(-n2cnnc2SCC(=O)Nc2nc3ccccc3n2-c2ccccc2)cc1. The van der Waals surface area contributed by atoms with Crippen molar-refractivity contribution in [1.82, 2.24) is 24.3 Å². The van der Waals surface area contributed by atoms with Gasteiger partial charge in [0.25, 0.3) is 0 Å². The molecular weight excluding hydrogens is 436 g/mol. The highest BCUT2D eigenvalue weighted by Gasteiger charge is 2.16. The number of hydrogen-bond acceptors (Lipinski definition) is 6. The summed E-state index contributed by atoms with van der Waals surface area (Å²) in [5, 5.41) is 11.7. The van der Waals surface area contributed by atoms with E-state index in [1.165, 1.54) is 11.8 Å². The smallest absolute Gasteiger partial charge is 0.237 e. The van der Waals surface area contributed by atoms with Crippen molar-refractivity contribution in [2.45, 2.75) is 5.16 Å². The summed E-state index contributed by atoms with van der Waals surface area (Å²) in [5.41, 5.74) is 3.54. The van der Waals surface area contributed by atoms with Gasteiger partial charge < -0.3 is 4.74 Å². The number of hydrogen-bond donors (Lipinski definition) is 1. The Morgan fingerprint density at radius 3 is 2.52 bits per heavy atom. The fraction of sp³-hybridized carbons (Fsp3) is 0.0833. The normalized spacial score (nSPS) is 10.9. The van der Waals surface area contributed by atoms with Crippen LogP contribution in [-0.4, -0.2) is 43.1 Å². The maximum Gasteiger partial charge on any atom is 0.237 e. The molecule has 5 rings (SSSR count). The molecule has 0 aliphatic heterocycles. The molecule has 0 saturated heterocycles. The van der Waals surface area contributed by atoms with Gasteiger partial charge >= 0.3 is 0 Å². The number of carbonyl (C=O) groups is 1. The van der Waals surface area contributed by atoms with Crippen molar-refractivity contribution in [3.05, 3.63) is 85.2 Å². The van der Waals surface area contributed by atoms with Gasteiger partial charge in [0.1, 0.15) is 12.1 Å². The van der Waals surface area contributed by atoms with Crippen molar-refractivity contribution in [3.63, 3.8) is 0 Å². The average molecular weight is 457 g/mol. The lowest BCUT2D eigenvalue weighted by Crippen LogP contribution is -2.17. The summed E-state index contributed by atoms with van der Waals surface area (Å²) >= 11 is 1.30. The largest absolute Gasteiger partial charge is 0.497 e. The van der Waals surface area contributed by atoms with Gasteiger partial charge in [0.05, 0.1) is 23.9 Å². The van der Waals surface area contributed by atoms with E-state index in [-0.39, 0.29) is 11.7 Å². The van der Waals surface area contributed by atoms with Gasteiger partial charge in [-0.1, -0.05) is 42.1 Å². The molecule has 9 heteroatoms. The molecule has 164 valence electrons. The second kappa shape index (κ2) is 9.17. The van der Waals surface area contributed by atoms with E-state index in [4.69, 9.17) is 4.74 Å². The number of thioether (sulfide) groups is 1. The zero-order valence-corrected chi connectivity index (χ0v) is 18.6. The van der Waals surface area contributed by atoms with Gasteiger partial charge in [-0.25, -0.2) is 4.98 Å². The molecule has 0 unspecified atom stereocenters. The van der Waals surface area contributed by atoms with Crippen molar-refractivity contribution in [3.8, 4) is 17.1 Å². The molecule has 2 aromatic heterocycles. The summed E-state index contributed by atoms with van der Waals surface area (Å²) in [4.78, 5) is 17.5. The van der Waals surface area contributed by atoms with E-state index in [2.05, 4.69) is 20.5 Å². The van der Waals surface area contributed by atoms with Gasteiger partial charge in [-0.3, -0.25) is 19.2 Å². The molecule has 3 aromatic carbocycles. The highest BCUT2D eigenvalue weighted by Crippen LogP contribution is 2.25. The number of nitrogens with one attached hydrogen (secondary N) is 1. The summed E-state index contributed by atoms with van der Waals surface area (Å²) in [6.45, 7) is 0. The van der Waals surface area contributed by atoms with Gasteiger partial charge in [0.15, 0.2) is 5.16 Å². The van der Waals surface area contributed by atoms with Crippen LogP contribution in [0.1, 0.15) is 0 Å². The average Bonchev–Trinajstić information content (AvgIpc) is 3.47. The molecule has 0 atom stereocenters. The molecule has 1 amide bonds. The van der Waals surface area contributed by atoms with Crippen LogP contribution in [0.2, 0.25) is 0 Å². The first-order chi connectivity index (χ1) is 16.2. The fourth-order valence-electron chi connectivity index (χ4n) is 3.48. The monoisotopic (exact) mass is 456 g/mol. The molecule has 0 fully saturated rings. The van der Waals surface area contributed by atoms with Crippen LogP contribution in [0.3, 0.4) is 0 Å². The third kappa shape index (κ3) is 4.31. The number of amides is 1. The van der Waals surface area contributed by atoms with E-state index < -0.39 is 0 Å². The van der Waals surface area contributed by atoms with Crippen LogP contribution < -0.4 is 10.1 Å². The Balaban J connectivity index is 1.34. The number of fused-ring (bicyclic) bond motifs is 1. The predicted octanol–water partition coefficient (Wildman–Crippen LogP) is 4.35. The molecule has 0 bridgehead atoms. The Morgan fingerprint density at radius 2 is 1.73 bits per heavy atom. The Bertz CT molecular complexity index is 1400. The first-order valence-corrected chi connectivity index (χ1v) is 11.2. The molecule has 0 aliphatic rings. The third-order valence-corrected chi connectivity index (χ3v) is 5.97. The standard InChI is InChI=1S/C24H20N6O2S/c1-32-19-13-11-17(12-14-19)29-16-25-28-24(29)33-15-22(31)27-23-26-20-9-5-6-10-21(20)30(23)18-7-3-2-4-8-18/h2-14,16H,15H2,1H3,(H,26,27,31). The van der Waals surface area contributed by atoms with Gasteiger partial charge in [0.2, 0.25) is 11.9 Å². The number of carbonyl (C=O) groups excluding carboxylic acids is 1. The molecule has 0 aliphatic carbocycles. The zero-order valence-electron chi connectivity index (χ0n) is 17.8. The van der Waals surface area contributed by atoms with Crippen molar-refractivity contribution in [1.29, 1.82) is 0 Å². The summed E-state index contributed by atoms with van der Waals surface area (Å²) in [6, 6.07) is 25.2. The van der Waals surface area contributed by atoms with E-state index in [0.717, 1.165) is 28.2 Å². The minimum atomic E-state index is -0.184. The molecular formula is C24H20N6O2S. The van der Waals surface area contributed by atoms with Crippen molar-refractivity contribution < 1.29 is 9.53 Å². The van der Waals surface area contributed by atoms with Crippen LogP contribution in [0.25, 0.3) is 22.4 Å². The number of rotatable bonds is 7. The Labute approximate surface area is 194 Å². The first kappa shape index (κ1) is 20.8. The Morgan fingerprint density at radius 1 is 0.970 bits per heavy atom. The predicted molar refractivity (Wildman–Crippen MR) is 128 cm³/mol. The minimum Gasteiger partial charge on any atom is -0.497 e. The van der Waals surface area contributed by atoms with Crippen LogP contribution in [0.4, 0.5) is 5.95 Å². The second-order valence-corrected chi connectivity index (χ2v) is 8.06. The highest BCUT2D eigenvalue weighted by atomic mass is 32.2. The summed E-state index contributed by atoms with van der Waals surface area (Å²) < 4.78 is 8.98. The summed E-state index contributed by atoms with van der Waals surface area (Å²) in [7, 11) is 1.62. The summed E-state index contributed by atoms with van der Waals surface area (Å²) in [5.74, 6) is 1.22. The number of aromatic nitrogens is 5. The molecule has 5 aromatic rings. The van der Waals surface area contributed by atoms with Crippen LogP contribution >= 0.6 is 11.8 Å².